The van der Waals surface area contributed by atoms with Crippen molar-refractivity contribution < 1.29 is 22.6 Å². The zero-order valence-electron chi connectivity index (χ0n) is 20.5. The van der Waals surface area contributed by atoms with Crippen molar-refractivity contribution in [2.45, 2.75) is 50.0 Å². The summed E-state index contributed by atoms with van der Waals surface area (Å²) in [6.07, 6.45) is 1.61. The first-order chi connectivity index (χ1) is 17.2. The summed E-state index contributed by atoms with van der Waals surface area (Å²) in [5.41, 5.74) is 1.40. The zero-order chi connectivity index (χ0) is 25.9. The van der Waals surface area contributed by atoms with E-state index in [0.29, 0.717) is 36.4 Å². The molecule has 3 aromatic heterocycles. The summed E-state index contributed by atoms with van der Waals surface area (Å²) in [5, 5.41) is 7.99. The lowest BCUT2D eigenvalue weighted by atomic mass is 10.1. The molecule has 0 bridgehead atoms. The molecule has 13 heteroatoms. The Morgan fingerprint density at radius 3 is 2.58 bits per heavy atom. The Hall–Kier alpha value is -2.51. The van der Waals surface area contributed by atoms with Gasteiger partial charge in [0.15, 0.2) is 21.5 Å². The minimum atomic E-state index is -3.80. The molecule has 4 heterocycles. The van der Waals surface area contributed by atoms with Crippen molar-refractivity contribution in [3.8, 4) is 11.5 Å². The Balaban J connectivity index is 1.70. The molecule has 1 saturated heterocycles. The molecule has 1 aliphatic heterocycles. The molecule has 0 amide bonds. The first-order valence-electron chi connectivity index (χ1n) is 11.5. The SMILES string of the molecule is CO[C@H](c1ncc(Cl)cn1)[C@H](C)S(=O)(=O)Cc1nnc(-c2cccc(C)n2)n1[C@@H](C)[C@H]1COCCO1. The number of halogens is 1. The van der Waals surface area contributed by atoms with Gasteiger partial charge in [0, 0.05) is 25.2 Å². The number of hydrogen-bond acceptors (Lipinski definition) is 10. The molecule has 0 aromatic carbocycles. The smallest absolute Gasteiger partial charge is 0.182 e. The summed E-state index contributed by atoms with van der Waals surface area (Å²) in [4.78, 5) is 12.9. The number of aromatic nitrogens is 6. The second-order valence-electron chi connectivity index (χ2n) is 8.63. The lowest BCUT2D eigenvalue weighted by Crippen LogP contribution is -2.36. The van der Waals surface area contributed by atoms with E-state index in [2.05, 4.69) is 25.1 Å². The molecule has 3 aromatic rings. The first-order valence-corrected chi connectivity index (χ1v) is 13.6. The van der Waals surface area contributed by atoms with E-state index in [1.807, 2.05) is 32.0 Å². The van der Waals surface area contributed by atoms with Crippen molar-refractivity contribution in [3.63, 3.8) is 0 Å². The second-order valence-corrected chi connectivity index (χ2v) is 11.4. The van der Waals surface area contributed by atoms with E-state index in [1.165, 1.54) is 19.5 Å². The molecular weight excluding hydrogens is 508 g/mol. The molecule has 0 radical (unpaired) electrons. The number of pyridine rings is 1. The van der Waals surface area contributed by atoms with Crippen LogP contribution in [0.25, 0.3) is 11.5 Å². The van der Waals surface area contributed by atoms with Crippen LogP contribution in [-0.4, -0.2) is 76.4 Å². The van der Waals surface area contributed by atoms with Gasteiger partial charge in [0.05, 0.1) is 36.1 Å². The molecule has 36 heavy (non-hydrogen) atoms. The highest BCUT2D eigenvalue weighted by Gasteiger charge is 2.36. The second kappa shape index (κ2) is 11.3. The molecule has 4 rings (SSSR count). The average molecular weight is 537 g/mol. The maximum atomic E-state index is 13.6. The maximum Gasteiger partial charge on any atom is 0.182 e. The Labute approximate surface area is 215 Å². The van der Waals surface area contributed by atoms with Crippen LogP contribution in [0.4, 0.5) is 0 Å². The molecule has 1 aliphatic rings. The van der Waals surface area contributed by atoms with Gasteiger partial charge in [0.25, 0.3) is 0 Å². The summed E-state index contributed by atoms with van der Waals surface area (Å²) < 4.78 is 45.9. The molecule has 4 atom stereocenters. The van der Waals surface area contributed by atoms with Gasteiger partial charge >= 0.3 is 0 Å². The monoisotopic (exact) mass is 536 g/mol. The van der Waals surface area contributed by atoms with Crippen LogP contribution in [-0.2, 0) is 29.8 Å². The highest BCUT2D eigenvalue weighted by molar-refractivity contribution is 7.91. The van der Waals surface area contributed by atoms with Crippen LogP contribution in [0.5, 0.6) is 0 Å². The zero-order valence-corrected chi connectivity index (χ0v) is 22.1. The largest absolute Gasteiger partial charge is 0.376 e. The van der Waals surface area contributed by atoms with Crippen LogP contribution < -0.4 is 0 Å². The van der Waals surface area contributed by atoms with Gasteiger partial charge in [-0.25, -0.2) is 23.4 Å². The van der Waals surface area contributed by atoms with E-state index in [-0.39, 0.29) is 29.5 Å². The third-order valence-electron chi connectivity index (χ3n) is 6.14. The van der Waals surface area contributed by atoms with Crippen molar-refractivity contribution in [2.75, 3.05) is 26.9 Å². The molecular formula is C23H29ClN6O5S. The van der Waals surface area contributed by atoms with E-state index in [1.54, 1.807) is 11.5 Å². The number of nitrogens with zero attached hydrogens (tertiary/aromatic N) is 6. The molecule has 0 spiro atoms. The van der Waals surface area contributed by atoms with Gasteiger partial charge in [0.1, 0.15) is 29.5 Å². The number of rotatable bonds is 9. The fourth-order valence-electron chi connectivity index (χ4n) is 4.12. The quantitative estimate of drug-likeness (QED) is 0.402. The number of hydrogen-bond donors (Lipinski definition) is 0. The molecule has 0 unspecified atom stereocenters. The number of aryl methyl sites for hydroxylation is 1. The third kappa shape index (κ3) is 5.73. The van der Waals surface area contributed by atoms with E-state index in [9.17, 15) is 8.42 Å². The van der Waals surface area contributed by atoms with Crippen LogP contribution in [0.3, 0.4) is 0 Å². The van der Waals surface area contributed by atoms with Crippen LogP contribution in [0.15, 0.2) is 30.6 Å². The first kappa shape index (κ1) is 26.6. The van der Waals surface area contributed by atoms with Gasteiger partial charge in [-0.1, -0.05) is 17.7 Å². The Morgan fingerprint density at radius 1 is 1.19 bits per heavy atom. The fourth-order valence-corrected chi connectivity index (χ4v) is 5.65. The van der Waals surface area contributed by atoms with Gasteiger partial charge < -0.3 is 18.8 Å². The highest BCUT2D eigenvalue weighted by atomic mass is 35.5. The average Bonchev–Trinajstić information content (AvgIpc) is 3.28. The topological polar surface area (TPSA) is 131 Å². The minimum Gasteiger partial charge on any atom is -0.376 e. The molecule has 0 aliphatic carbocycles. The van der Waals surface area contributed by atoms with E-state index in [0.717, 1.165) is 5.69 Å². The highest BCUT2D eigenvalue weighted by Crippen LogP contribution is 2.30. The maximum absolute atomic E-state index is 13.6. The normalized spacial score (nSPS) is 19.1. The lowest BCUT2D eigenvalue weighted by molar-refractivity contribution is -0.105. The predicted octanol–water partition coefficient (Wildman–Crippen LogP) is 2.76. The molecule has 0 saturated carbocycles. The summed E-state index contributed by atoms with van der Waals surface area (Å²) in [5.74, 6) is 0.583. The standard InChI is InChI=1S/C23H29ClN6O5S/c1-14-6-5-7-18(27-14)23-29-28-20(30(23)15(2)19-12-34-8-9-35-19)13-36(31,32)16(3)21(33-4)22-25-10-17(24)11-26-22/h5-7,10-11,15-16,19,21H,8-9,12-13H2,1-4H3/t15-,16-,19+,21-/m0/s1. The Morgan fingerprint density at radius 2 is 1.94 bits per heavy atom. The number of methoxy groups -OCH3 is 1. The van der Waals surface area contributed by atoms with Crippen LogP contribution >= 0.6 is 11.6 Å². The van der Waals surface area contributed by atoms with Crippen LogP contribution in [0.1, 0.15) is 43.3 Å². The van der Waals surface area contributed by atoms with Crippen molar-refractivity contribution in [2.24, 2.45) is 0 Å². The third-order valence-corrected chi connectivity index (χ3v) is 8.38. The molecule has 1 fully saturated rings. The van der Waals surface area contributed by atoms with Crippen molar-refractivity contribution in [1.82, 2.24) is 29.7 Å². The van der Waals surface area contributed by atoms with Crippen molar-refractivity contribution in [3.05, 3.63) is 53.0 Å². The summed E-state index contributed by atoms with van der Waals surface area (Å²) in [6, 6.07) is 5.26. The van der Waals surface area contributed by atoms with Crippen LogP contribution in [0, 0.1) is 6.92 Å². The van der Waals surface area contributed by atoms with Crippen LogP contribution in [0.2, 0.25) is 5.02 Å². The van der Waals surface area contributed by atoms with E-state index >= 15 is 0 Å². The van der Waals surface area contributed by atoms with E-state index < -0.39 is 21.2 Å². The lowest BCUT2D eigenvalue weighted by Gasteiger charge is -2.30. The van der Waals surface area contributed by atoms with Crippen molar-refractivity contribution >= 4 is 21.4 Å². The summed E-state index contributed by atoms with van der Waals surface area (Å²) in [7, 11) is -2.38. The Kier molecular flexibility index (Phi) is 8.30. The van der Waals surface area contributed by atoms with Gasteiger partial charge in [-0.3, -0.25) is 0 Å². The predicted molar refractivity (Wildman–Crippen MR) is 132 cm³/mol. The molecule has 11 nitrogen and oxygen atoms in total. The van der Waals surface area contributed by atoms with Gasteiger partial charge in [-0.05, 0) is 32.9 Å². The number of sulfone groups is 1. The van der Waals surface area contributed by atoms with Gasteiger partial charge in [-0.15, -0.1) is 10.2 Å². The fraction of sp³-hybridized carbons (Fsp3) is 0.522. The number of ether oxygens (including phenoxy) is 3. The van der Waals surface area contributed by atoms with E-state index in [4.69, 9.17) is 25.8 Å². The minimum absolute atomic E-state index is 0.227. The summed E-state index contributed by atoms with van der Waals surface area (Å²) in [6.45, 7) is 6.72. The van der Waals surface area contributed by atoms with Gasteiger partial charge in [-0.2, -0.15) is 0 Å². The van der Waals surface area contributed by atoms with Gasteiger partial charge in [0.2, 0.25) is 0 Å². The Bertz CT molecular complexity index is 1280. The molecule has 0 N–H and O–H groups in total. The van der Waals surface area contributed by atoms with Crippen molar-refractivity contribution in [1.29, 1.82) is 0 Å². The molecule has 194 valence electrons. The summed E-state index contributed by atoms with van der Waals surface area (Å²) >= 11 is 5.88.